The molecule has 0 N–H and O–H groups in total. The van der Waals surface area contributed by atoms with Crippen LogP contribution in [0.5, 0.6) is 6.01 Å². The number of ether oxygens (including phenoxy) is 2. The number of hydrogen-bond acceptors (Lipinski definition) is 5. The molecule has 0 aliphatic heterocycles. The quantitative estimate of drug-likeness (QED) is 0.541. The molecule has 6 nitrogen and oxygen atoms in total. The minimum Gasteiger partial charge on any atom is -0.469 e. The van der Waals surface area contributed by atoms with E-state index in [1.807, 2.05) is 6.92 Å². The average Bonchev–Trinajstić information content (AvgIpc) is 2.62. The molecular weight excluding hydrogens is 327 g/mol. The van der Waals surface area contributed by atoms with E-state index in [4.69, 9.17) is 4.74 Å². The molecule has 7 heteroatoms. The lowest BCUT2D eigenvalue weighted by Gasteiger charge is -2.12. The number of unbranched alkanes of at least 4 members (excludes halogenated alkanes) is 1. The molecule has 0 amide bonds. The summed E-state index contributed by atoms with van der Waals surface area (Å²) in [5, 5.41) is 0. The van der Waals surface area contributed by atoms with Crippen LogP contribution in [0.2, 0.25) is 0 Å². The van der Waals surface area contributed by atoms with Crippen LogP contribution in [-0.4, -0.2) is 29.2 Å². The number of carbonyl (C=O) groups excluding carboxylic acids is 1. The van der Waals surface area contributed by atoms with Crippen LogP contribution < -0.4 is 10.3 Å². The Hall–Kier alpha value is -2.70. The van der Waals surface area contributed by atoms with Gasteiger partial charge in [0.2, 0.25) is 5.82 Å². The van der Waals surface area contributed by atoms with Gasteiger partial charge in [-0.1, -0.05) is 37.6 Å². The van der Waals surface area contributed by atoms with Crippen molar-refractivity contribution in [3.05, 3.63) is 57.8 Å². The molecule has 2 rings (SSSR count). The molecule has 0 aliphatic carbocycles. The van der Waals surface area contributed by atoms with E-state index >= 15 is 0 Å². The Balaban J connectivity index is 2.19. The fraction of sp³-hybridized carbons (Fsp3) is 0.389. The summed E-state index contributed by atoms with van der Waals surface area (Å²) in [4.78, 5) is 27.2. The summed E-state index contributed by atoms with van der Waals surface area (Å²) in [6.45, 7) is 2.56. The summed E-state index contributed by atoms with van der Waals surface area (Å²) in [6, 6.07) is 7.17. The second-order valence-electron chi connectivity index (χ2n) is 5.55. The standard InChI is InChI=1S/C18H21FN2O4/c1-3-4-9-25-18-20-11-15(19)17(23)21(18)12-14-7-5-13(6-8-14)10-16(22)24-2/h5-8,11H,3-4,9-10,12H2,1-2H3. The lowest BCUT2D eigenvalue weighted by atomic mass is 10.1. The Labute approximate surface area is 145 Å². The highest BCUT2D eigenvalue weighted by Gasteiger charge is 2.12. The fourth-order valence-electron chi connectivity index (χ4n) is 2.20. The number of hydrogen-bond donors (Lipinski definition) is 0. The predicted octanol–water partition coefficient (Wildman–Crippen LogP) is 2.33. The van der Waals surface area contributed by atoms with Gasteiger partial charge in [0.05, 0.1) is 32.9 Å². The third-order valence-electron chi connectivity index (χ3n) is 3.64. The number of methoxy groups -OCH3 is 1. The third-order valence-corrected chi connectivity index (χ3v) is 3.64. The minimum absolute atomic E-state index is 0.0958. The van der Waals surface area contributed by atoms with E-state index in [1.165, 1.54) is 11.7 Å². The number of esters is 1. The Morgan fingerprint density at radius 2 is 1.92 bits per heavy atom. The summed E-state index contributed by atoms with van der Waals surface area (Å²) in [5.41, 5.74) is 0.781. The Morgan fingerprint density at radius 1 is 1.24 bits per heavy atom. The van der Waals surface area contributed by atoms with Gasteiger partial charge in [-0.3, -0.25) is 14.2 Å². The number of aromatic nitrogens is 2. The summed E-state index contributed by atoms with van der Waals surface area (Å²) in [5.74, 6) is -1.25. The Kier molecular flexibility index (Phi) is 6.68. The lowest BCUT2D eigenvalue weighted by Crippen LogP contribution is -2.26. The van der Waals surface area contributed by atoms with E-state index in [9.17, 15) is 14.0 Å². The van der Waals surface area contributed by atoms with Crippen molar-refractivity contribution >= 4 is 5.97 Å². The van der Waals surface area contributed by atoms with Gasteiger partial charge in [0, 0.05) is 0 Å². The zero-order valence-corrected chi connectivity index (χ0v) is 14.3. The molecule has 0 saturated carbocycles. The van der Waals surface area contributed by atoms with E-state index in [0.717, 1.165) is 30.2 Å². The molecular formula is C18H21FN2O4. The Bertz CT molecular complexity index is 772. The van der Waals surface area contributed by atoms with Crippen LogP contribution in [0.1, 0.15) is 30.9 Å². The maximum Gasteiger partial charge on any atom is 0.309 e. The molecule has 0 radical (unpaired) electrons. The number of carbonyl (C=O) groups is 1. The van der Waals surface area contributed by atoms with Crippen molar-refractivity contribution in [3.8, 4) is 6.01 Å². The van der Waals surface area contributed by atoms with Crippen molar-refractivity contribution in [2.45, 2.75) is 32.7 Å². The molecule has 0 atom stereocenters. The Morgan fingerprint density at radius 3 is 2.56 bits per heavy atom. The average molecular weight is 348 g/mol. The van der Waals surface area contributed by atoms with Gasteiger partial charge in [-0.2, -0.15) is 4.39 Å². The van der Waals surface area contributed by atoms with Gasteiger partial charge >= 0.3 is 5.97 Å². The summed E-state index contributed by atoms with van der Waals surface area (Å²) >= 11 is 0. The largest absolute Gasteiger partial charge is 0.469 e. The van der Waals surface area contributed by atoms with Gasteiger partial charge in [0.25, 0.3) is 11.6 Å². The van der Waals surface area contributed by atoms with Crippen molar-refractivity contribution < 1.29 is 18.7 Å². The molecule has 0 unspecified atom stereocenters. The normalized spacial score (nSPS) is 10.5. The van der Waals surface area contributed by atoms with Gasteiger partial charge in [-0.25, -0.2) is 4.98 Å². The molecule has 0 saturated heterocycles. The van der Waals surface area contributed by atoms with E-state index in [-0.39, 0.29) is 24.9 Å². The minimum atomic E-state index is -0.926. The first-order valence-electron chi connectivity index (χ1n) is 8.08. The maximum atomic E-state index is 13.6. The highest BCUT2D eigenvalue weighted by molar-refractivity contribution is 5.72. The van der Waals surface area contributed by atoms with Crippen LogP contribution in [0.15, 0.2) is 35.3 Å². The summed E-state index contributed by atoms with van der Waals surface area (Å²) in [6.07, 6.45) is 2.80. The van der Waals surface area contributed by atoms with Crippen LogP contribution in [0.25, 0.3) is 0 Å². The van der Waals surface area contributed by atoms with Gasteiger partial charge in [-0.05, 0) is 17.5 Å². The van der Waals surface area contributed by atoms with Crippen molar-refractivity contribution in [2.75, 3.05) is 13.7 Å². The third kappa shape index (κ3) is 5.14. The molecule has 0 bridgehead atoms. The van der Waals surface area contributed by atoms with Crippen molar-refractivity contribution in [3.63, 3.8) is 0 Å². The molecule has 2 aromatic rings. The molecule has 0 aliphatic rings. The highest BCUT2D eigenvalue weighted by atomic mass is 19.1. The second-order valence-corrected chi connectivity index (χ2v) is 5.55. The zero-order valence-electron chi connectivity index (χ0n) is 14.3. The lowest BCUT2D eigenvalue weighted by molar-refractivity contribution is -0.139. The van der Waals surface area contributed by atoms with Crippen LogP contribution in [-0.2, 0) is 22.5 Å². The summed E-state index contributed by atoms with van der Waals surface area (Å²) in [7, 11) is 1.33. The first kappa shape index (κ1) is 18.6. The predicted molar refractivity (Wildman–Crippen MR) is 90.1 cm³/mol. The number of halogens is 1. The van der Waals surface area contributed by atoms with Crippen molar-refractivity contribution in [1.29, 1.82) is 0 Å². The molecule has 25 heavy (non-hydrogen) atoms. The number of nitrogens with zero attached hydrogens (tertiary/aromatic N) is 2. The molecule has 0 spiro atoms. The van der Waals surface area contributed by atoms with Gasteiger partial charge < -0.3 is 9.47 Å². The molecule has 1 heterocycles. The van der Waals surface area contributed by atoms with Crippen LogP contribution >= 0.6 is 0 Å². The smallest absolute Gasteiger partial charge is 0.309 e. The first-order valence-corrected chi connectivity index (χ1v) is 8.08. The first-order chi connectivity index (χ1) is 12.0. The summed E-state index contributed by atoms with van der Waals surface area (Å²) < 4.78 is 24.9. The number of rotatable bonds is 8. The van der Waals surface area contributed by atoms with Gasteiger partial charge in [0.15, 0.2) is 0 Å². The van der Waals surface area contributed by atoms with Crippen molar-refractivity contribution in [2.24, 2.45) is 0 Å². The number of benzene rings is 1. The van der Waals surface area contributed by atoms with E-state index in [0.29, 0.717) is 6.61 Å². The van der Waals surface area contributed by atoms with Gasteiger partial charge in [-0.15, -0.1) is 0 Å². The van der Waals surface area contributed by atoms with Crippen molar-refractivity contribution in [1.82, 2.24) is 9.55 Å². The van der Waals surface area contributed by atoms with E-state index < -0.39 is 11.4 Å². The van der Waals surface area contributed by atoms with E-state index in [1.54, 1.807) is 24.3 Å². The fourth-order valence-corrected chi connectivity index (χ4v) is 2.20. The molecule has 1 aromatic heterocycles. The molecule has 1 aromatic carbocycles. The SMILES string of the molecule is CCCCOc1ncc(F)c(=O)n1Cc1ccc(CC(=O)OC)cc1. The van der Waals surface area contributed by atoms with E-state index in [2.05, 4.69) is 9.72 Å². The zero-order chi connectivity index (χ0) is 18.2. The van der Waals surface area contributed by atoms with Crippen LogP contribution in [0.3, 0.4) is 0 Å². The maximum absolute atomic E-state index is 13.6. The monoisotopic (exact) mass is 348 g/mol. The highest BCUT2D eigenvalue weighted by Crippen LogP contribution is 2.11. The molecule has 134 valence electrons. The van der Waals surface area contributed by atoms with Gasteiger partial charge in [0.1, 0.15) is 0 Å². The molecule has 0 fully saturated rings. The van der Waals surface area contributed by atoms with Crippen LogP contribution in [0, 0.1) is 5.82 Å². The van der Waals surface area contributed by atoms with Crippen LogP contribution in [0.4, 0.5) is 4.39 Å². The topological polar surface area (TPSA) is 70.4 Å². The second kappa shape index (κ2) is 8.96.